The lowest BCUT2D eigenvalue weighted by molar-refractivity contribution is -0.385. The molecular weight excluding hydrogens is 314 g/mol. The van der Waals surface area contributed by atoms with Crippen LogP contribution in [0.5, 0.6) is 0 Å². The lowest BCUT2D eigenvalue weighted by atomic mass is 9.76. The second-order valence-electron chi connectivity index (χ2n) is 6.14. The summed E-state index contributed by atoms with van der Waals surface area (Å²) in [5.74, 6) is -1.05. The van der Waals surface area contributed by atoms with E-state index in [-0.39, 0.29) is 35.1 Å². The van der Waals surface area contributed by atoms with Crippen molar-refractivity contribution in [2.24, 2.45) is 5.92 Å². The van der Waals surface area contributed by atoms with Crippen molar-refractivity contribution in [3.8, 4) is 0 Å². The highest BCUT2D eigenvalue weighted by atomic mass is 19.1. The first-order chi connectivity index (χ1) is 11.6. The molecule has 2 aromatic rings. The van der Waals surface area contributed by atoms with Gasteiger partial charge in [-0.3, -0.25) is 10.1 Å². The molecule has 0 bridgehead atoms. The molecule has 0 spiro atoms. The smallest absolute Gasteiger partial charge is 0.275 e. The molecule has 24 heavy (non-hydrogen) atoms. The van der Waals surface area contributed by atoms with Gasteiger partial charge in [0, 0.05) is 12.0 Å². The maximum absolute atomic E-state index is 14.4. The minimum absolute atomic E-state index is 0.0310. The highest BCUT2D eigenvalue weighted by Gasteiger charge is 2.42. The van der Waals surface area contributed by atoms with Crippen LogP contribution in [0.4, 0.5) is 20.2 Å². The van der Waals surface area contributed by atoms with Crippen molar-refractivity contribution in [1.29, 1.82) is 0 Å². The fraction of sp³-hybridized carbons (Fsp3) is 0.222. The summed E-state index contributed by atoms with van der Waals surface area (Å²) in [6.45, 7) is 0. The summed E-state index contributed by atoms with van der Waals surface area (Å²) in [5.41, 5.74) is 1.34. The Morgan fingerprint density at radius 2 is 1.88 bits per heavy atom. The molecule has 2 aliphatic rings. The second-order valence-corrected chi connectivity index (χ2v) is 6.14. The third kappa shape index (κ3) is 2.18. The molecule has 4 rings (SSSR count). The summed E-state index contributed by atoms with van der Waals surface area (Å²) in [6, 6.07) is 8.18. The number of halogens is 2. The minimum Gasteiger partial charge on any atom is -0.375 e. The first-order valence-electron chi connectivity index (χ1n) is 7.71. The molecule has 3 unspecified atom stereocenters. The fourth-order valence-electron chi connectivity index (χ4n) is 3.81. The minimum atomic E-state index is -0.513. The van der Waals surface area contributed by atoms with Crippen molar-refractivity contribution in [3.05, 3.63) is 81.4 Å². The third-order valence-electron chi connectivity index (χ3n) is 4.87. The first kappa shape index (κ1) is 14.8. The van der Waals surface area contributed by atoms with Gasteiger partial charge < -0.3 is 5.32 Å². The van der Waals surface area contributed by atoms with Crippen LogP contribution in [0.1, 0.15) is 29.5 Å². The van der Waals surface area contributed by atoms with Gasteiger partial charge in [-0.2, -0.15) is 0 Å². The molecule has 0 radical (unpaired) electrons. The van der Waals surface area contributed by atoms with E-state index in [4.69, 9.17) is 0 Å². The van der Waals surface area contributed by atoms with E-state index < -0.39 is 10.7 Å². The molecule has 0 aromatic heterocycles. The van der Waals surface area contributed by atoms with Crippen molar-refractivity contribution in [3.63, 3.8) is 0 Å². The van der Waals surface area contributed by atoms with E-state index in [1.54, 1.807) is 12.1 Å². The predicted molar refractivity (Wildman–Crippen MR) is 85.8 cm³/mol. The lowest BCUT2D eigenvalue weighted by Crippen LogP contribution is -2.30. The molecule has 0 fully saturated rings. The van der Waals surface area contributed by atoms with Gasteiger partial charge >= 0.3 is 0 Å². The SMILES string of the molecule is O=[N+]([O-])c1ccc(F)c2c1C1C=CCC1C(c1ccc(F)cc1)N2. The van der Waals surface area contributed by atoms with Crippen molar-refractivity contribution >= 4 is 11.4 Å². The van der Waals surface area contributed by atoms with E-state index in [1.165, 1.54) is 18.2 Å². The monoisotopic (exact) mass is 328 g/mol. The van der Waals surface area contributed by atoms with Gasteiger partial charge in [0.15, 0.2) is 0 Å². The van der Waals surface area contributed by atoms with E-state index in [0.29, 0.717) is 5.56 Å². The summed E-state index contributed by atoms with van der Waals surface area (Å²) in [4.78, 5) is 10.9. The Hall–Kier alpha value is -2.76. The topological polar surface area (TPSA) is 55.2 Å². The average molecular weight is 328 g/mol. The van der Waals surface area contributed by atoms with Crippen LogP contribution in [-0.2, 0) is 0 Å². The van der Waals surface area contributed by atoms with Gasteiger partial charge in [-0.25, -0.2) is 8.78 Å². The van der Waals surface area contributed by atoms with Crippen molar-refractivity contribution < 1.29 is 13.7 Å². The maximum atomic E-state index is 14.4. The molecule has 0 saturated carbocycles. The highest BCUT2D eigenvalue weighted by Crippen LogP contribution is 2.53. The fourth-order valence-corrected chi connectivity index (χ4v) is 3.81. The maximum Gasteiger partial charge on any atom is 0.275 e. The Morgan fingerprint density at radius 1 is 1.12 bits per heavy atom. The molecule has 4 nitrogen and oxygen atoms in total. The van der Waals surface area contributed by atoms with Gasteiger partial charge in [0.1, 0.15) is 11.6 Å². The molecule has 1 aliphatic heterocycles. The van der Waals surface area contributed by atoms with E-state index in [2.05, 4.69) is 5.32 Å². The largest absolute Gasteiger partial charge is 0.375 e. The molecule has 1 N–H and O–H groups in total. The van der Waals surface area contributed by atoms with Gasteiger partial charge in [0.25, 0.3) is 5.69 Å². The molecule has 0 saturated heterocycles. The Labute approximate surface area is 137 Å². The third-order valence-corrected chi connectivity index (χ3v) is 4.87. The first-order valence-corrected chi connectivity index (χ1v) is 7.71. The summed E-state index contributed by atoms with van der Waals surface area (Å²) < 4.78 is 27.6. The number of nitrogens with zero attached hydrogens (tertiary/aromatic N) is 1. The van der Waals surface area contributed by atoms with E-state index >= 15 is 0 Å². The number of nitro benzene ring substituents is 1. The molecule has 0 amide bonds. The Kier molecular flexibility index (Phi) is 3.33. The zero-order valence-corrected chi connectivity index (χ0v) is 12.6. The Morgan fingerprint density at radius 3 is 2.58 bits per heavy atom. The highest BCUT2D eigenvalue weighted by molar-refractivity contribution is 5.67. The molecule has 122 valence electrons. The van der Waals surface area contributed by atoms with E-state index in [9.17, 15) is 18.9 Å². The molecule has 6 heteroatoms. The molecule has 3 atom stereocenters. The van der Waals surface area contributed by atoms with Gasteiger partial charge in [0.05, 0.1) is 22.2 Å². The Bertz CT molecular complexity index is 849. The number of hydrogen-bond acceptors (Lipinski definition) is 3. The van der Waals surface area contributed by atoms with Gasteiger partial charge in [-0.1, -0.05) is 24.3 Å². The van der Waals surface area contributed by atoms with Gasteiger partial charge in [-0.15, -0.1) is 0 Å². The number of nitrogens with one attached hydrogen (secondary N) is 1. The summed E-state index contributed by atoms with van der Waals surface area (Å²) in [7, 11) is 0. The quantitative estimate of drug-likeness (QED) is 0.494. The molecular formula is C18H14F2N2O2. The molecule has 1 aliphatic carbocycles. The van der Waals surface area contributed by atoms with Crippen LogP contribution in [0.3, 0.4) is 0 Å². The zero-order chi connectivity index (χ0) is 16.8. The van der Waals surface area contributed by atoms with Crippen molar-refractivity contribution in [2.45, 2.75) is 18.4 Å². The van der Waals surface area contributed by atoms with Crippen LogP contribution in [0.15, 0.2) is 48.6 Å². The number of benzene rings is 2. The van der Waals surface area contributed by atoms with Gasteiger partial charge in [-0.05, 0) is 36.1 Å². The van der Waals surface area contributed by atoms with Crippen LogP contribution >= 0.6 is 0 Å². The van der Waals surface area contributed by atoms with Crippen molar-refractivity contribution in [2.75, 3.05) is 5.32 Å². The van der Waals surface area contributed by atoms with Crippen LogP contribution in [-0.4, -0.2) is 4.92 Å². The van der Waals surface area contributed by atoms with Crippen LogP contribution < -0.4 is 5.32 Å². The summed E-state index contributed by atoms with van der Waals surface area (Å²) in [5, 5.41) is 14.5. The molecule has 1 heterocycles. The normalized spacial score (nSPS) is 24.2. The average Bonchev–Trinajstić information content (AvgIpc) is 3.05. The standard InChI is InChI=1S/C18H14F2N2O2/c19-11-6-4-10(5-7-11)17-13-3-1-2-12(13)16-15(22(23)24)9-8-14(20)18(16)21-17/h1-2,4-9,12-13,17,21H,3H2. The summed E-state index contributed by atoms with van der Waals surface area (Å²) >= 11 is 0. The summed E-state index contributed by atoms with van der Waals surface area (Å²) in [6.07, 6.45) is 4.61. The molecule has 2 aromatic carbocycles. The van der Waals surface area contributed by atoms with E-state index in [1.807, 2.05) is 12.2 Å². The number of nitro groups is 1. The van der Waals surface area contributed by atoms with Gasteiger partial charge in [0.2, 0.25) is 0 Å². The predicted octanol–water partition coefficient (Wildman–Crippen LogP) is 4.70. The Balaban J connectivity index is 1.86. The number of hydrogen-bond donors (Lipinski definition) is 1. The number of rotatable bonds is 2. The van der Waals surface area contributed by atoms with Crippen LogP contribution in [0.25, 0.3) is 0 Å². The zero-order valence-electron chi connectivity index (χ0n) is 12.6. The number of anilines is 1. The lowest BCUT2D eigenvalue weighted by Gasteiger charge is -2.37. The van der Waals surface area contributed by atoms with Crippen LogP contribution in [0.2, 0.25) is 0 Å². The second kappa shape index (κ2) is 5.40. The van der Waals surface area contributed by atoms with E-state index in [0.717, 1.165) is 18.1 Å². The number of fused-ring (bicyclic) bond motifs is 3. The van der Waals surface area contributed by atoms with Crippen LogP contribution in [0, 0.1) is 27.7 Å². The number of allylic oxidation sites excluding steroid dienone is 2. The van der Waals surface area contributed by atoms with Crippen molar-refractivity contribution in [1.82, 2.24) is 0 Å².